The summed E-state index contributed by atoms with van der Waals surface area (Å²) in [4.78, 5) is 19.2. The van der Waals surface area contributed by atoms with Gasteiger partial charge in [0.25, 0.3) is 5.91 Å². The van der Waals surface area contributed by atoms with Gasteiger partial charge in [-0.15, -0.1) is 0 Å². The van der Waals surface area contributed by atoms with Gasteiger partial charge in [-0.1, -0.05) is 24.3 Å². The van der Waals surface area contributed by atoms with Gasteiger partial charge in [-0.3, -0.25) is 15.0 Å². The van der Waals surface area contributed by atoms with Crippen LogP contribution in [0.5, 0.6) is 0 Å². The molecule has 0 unspecified atom stereocenters. The third kappa shape index (κ3) is 4.00. The van der Waals surface area contributed by atoms with Crippen molar-refractivity contribution in [1.29, 1.82) is 0 Å². The van der Waals surface area contributed by atoms with Gasteiger partial charge in [0.2, 0.25) is 0 Å². The topological polar surface area (TPSA) is 58.4 Å². The predicted octanol–water partition coefficient (Wildman–Crippen LogP) is 5.14. The molecule has 1 saturated heterocycles. The van der Waals surface area contributed by atoms with E-state index >= 15 is 0 Å². The number of carbonyl (C=O) groups excluding carboxylic acids is 1. The molecule has 7 heteroatoms. The van der Waals surface area contributed by atoms with E-state index in [0.29, 0.717) is 9.80 Å². The van der Waals surface area contributed by atoms with Crippen molar-refractivity contribution in [2.75, 3.05) is 18.4 Å². The number of fused-ring (bicyclic) bond motifs is 1. The van der Waals surface area contributed by atoms with Crippen LogP contribution < -0.4 is 5.32 Å². The van der Waals surface area contributed by atoms with E-state index in [0.717, 1.165) is 22.7 Å². The number of nitrogens with zero attached hydrogens (tertiary/aromatic N) is 2. The van der Waals surface area contributed by atoms with Crippen LogP contribution in [0.25, 0.3) is 10.2 Å². The summed E-state index contributed by atoms with van der Waals surface area (Å²) in [6, 6.07) is 9.68. The fourth-order valence-corrected chi connectivity index (χ4v) is 4.43. The molecule has 2 aromatic heterocycles. The number of piperidine rings is 1. The molecule has 136 valence electrons. The standard InChI is InChI=1S/C19H20BrN3O2S/c1-12-6-8-23(9-7-12)11-13-2-3-14-16(10-13)26-19(21-14)22-18(24)15-4-5-17(20)25-15/h2-5,10,12H,6-9,11H2,1H3,(H,21,22,24). The number of furan rings is 1. The van der Waals surface area contributed by atoms with Gasteiger partial charge in [0.1, 0.15) is 0 Å². The zero-order chi connectivity index (χ0) is 18.1. The minimum absolute atomic E-state index is 0.260. The lowest BCUT2D eigenvalue weighted by atomic mass is 9.99. The molecule has 1 fully saturated rings. The van der Waals surface area contributed by atoms with Crippen molar-refractivity contribution in [3.8, 4) is 0 Å². The Balaban J connectivity index is 1.46. The summed E-state index contributed by atoms with van der Waals surface area (Å²) in [5.74, 6) is 0.810. The first-order valence-corrected chi connectivity index (χ1v) is 10.4. The summed E-state index contributed by atoms with van der Waals surface area (Å²) >= 11 is 4.69. The number of halogens is 1. The maximum Gasteiger partial charge on any atom is 0.293 e. The number of hydrogen-bond acceptors (Lipinski definition) is 5. The molecule has 1 aliphatic heterocycles. The van der Waals surface area contributed by atoms with Gasteiger partial charge in [-0.25, -0.2) is 4.98 Å². The Morgan fingerprint density at radius 1 is 1.35 bits per heavy atom. The van der Waals surface area contributed by atoms with Crippen molar-refractivity contribution >= 4 is 48.5 Å². The number of nitrogens with one attached hydrogen (secondary N) is 1. The van der Waals surface area contributed by atoms with E-state index < -0.39 is 0 Å². The molecule has 5 nitrogen and oxygen atoms in total. The van der Waals surface area contributed by atoms with E-state index in [1.807, 2.05) is 6.07 Å². The molecule has 3 heterocycles. The van der Waals surface area contributed by atoms with Gasteiger partial charge in [0.05, 0.1) is 10.2 Å². The average Bonchev–Trinajstić information content (AvgIpc) is 3.22. The van der Waals surface area contributed by atoms with Gasteiger partial charge in [-0.2, -0.15) is 0 Å². The Morgan fingerprint density at radius 2 is 2.15 bits per heavy atom. The quantitative estimate of drug-likeness (QED) is 0.618. The Morgan fingerprint density at radius 3 is 2.88 bits per heavy atom. The van der Waals surface area contributed by atoms with Crippen LogP contribution in [0.2, 0.25) is 0 Å². The van der Waals surface area contributed by atoms with Crippen LogP contribution >= 0.6 is 27.3 Å². The summed E-state index contributed by atoms with van der Waals surface area (Å²) in [5, 5.41) is 3.39. The average molecular weight is 434 g/mol. The van der Waals surface area contributed by atoms with Crippen LogP contribution in [-0.4, -0.2) is 28.9 Å². The highest BCUT2D eigenvalue weighted by Gasteiger charge is 2.17. The van der Waals surface area contributed by atoms with Gasteiger partial charge in [0.15, 0.2) is 15.6 Å². The van der Waals surface area contributed by atoms with Crippen LogP contribution in [0.3, 0.4) is 0 Å². The lowest BCUT2D eigenvalue weighted by Crippen LogP contribution is -2.32. The van der Waals surface area contributed by atoms with Crippen molar-refractivity contribution in [1.82, 2.24) is 9.88 Å². The first-order chi connectivity index (χ1) is 12.6. The number of amides is 1. The fourth-order valence-electron chi connectivity index (χ4n) is 3.19. The predicted molar refractivity (Wildman–Crippen MR) is 108 cm³/mol. The Labute approximate surface area is 164 Å². The highest BCUT2D eigenvalue weighted by molar-refractivity contribution is 9.10. The zero-order valence-corrected chi connectivity index (χ0v) is 16.9. The number of likely N-dealkylation sites (tertiary alicyclic amines) is 1. The second-order valence-electron chi connectivity index (χ2n) is 6.84. The van der Waals surface area contributed by atoms with E-state index in [1.165, 1.54) is 42.8 Å². The molecule has 0 radical (unpaired) electrons. The molecule has 0 saturated carbocycles. The van der Waals surface area contributed by atoms with E-state index in [4.69, 9.17) is 4.42 Å². The number of anilines is 1. The smallest absolute Gasteiger partial charge is 0.293 e. The number of rotatable bonds is 4. The molecule has 1 aliphatic rings. The molecule has 0 aliphatic carbocycles. The van der Waals surface area contributed by atoms with E-state index in [-0.39, 0.29) is 11.7 Å². The number of benzene rings is 1. The first-order valence-electron chi connectivity index (χ1n) is 8.75. The van der Waals surface area contributed by atoms with Gasteiger partial charge in [0, 0.05) is 6.54 Å². The van der Waals surface area contributed by atoms with Gasteiger partial charge >= 0.3 is 0 Å². The summed E-state index contributed by atoms with van der Waals surface area (Å²) in [6.07, 6.45) is 2.56. The van der Waals surface area contributed by atoms with Crippen LogP contribution in [0, 0.1) is 5.92 Å². The molecule has 1 aromatic carbocycles. The minimum atomic E-state index is -0.294. The minimum Gasteiger partial charge on any atom is -0.444 e. The van der Waals surface area contributed by atoms with Crippen molar-refractivity contribution < 1.29 is 9.21 Å². The van der Waals surface area contributed by atoms with Crippen LogP contribution in [0.4, 0.5) is 5.13 Å². The summed E-state index contributed by atoms with van der Waals surface area (Å²) in [5.41, 5.74) is 2.20. The number of thiazole rings is 1. The normalized spacial score (nSPS) is 16.2. The maximum atomic E-state index is 12.2. The van der Waals surface area contributed by atoms with Crippen LogP contribution in [-0.2, 0) is 6.54 Å². The monoisotopic (exact) mass is 433 g/mol. The molecule has 3 aromatic rings. The number of aromatic nitrogens is 1. The van der Waals surface area contributed by atoms with Crippen LogP contribution in [0.1, 0.15) is 35.9 Å². The van der Waals surface area contributed by atoms with Crippen molar-refractivity contribution in [3.63, 3.8) is 0 Å². The van der Waals surface area contributed by atoms with Crippen molar-refractivity contribution in [3.05, 3.63) is 46.3 Å². The molecular formula is C19H20BrN3O2S. The highest BCUT2D eigenvalue weighted by Crippen LogP contribution is 2.28. The Bertz CT molecular complexity index is 928. The second-order valence-corrected chi connectivity index (χ2v) is 8.65. The Hall–Kier alpha value is -1.70. The molecule has 1 amide bonds. The van der Waals surface area contributed by atoms with Gasteiger partial charge in [-0.05, 0) is 77.6 Å². The third-order valence-corrected chi connectivity index (χ3v) is 6.11. The highest BCUT2D eigenvalue weighted by atomic mass is 79.9. The van der Waals surface area contributed by atoms with E-state index in [2.05, 4.69) is 50.2 Å². The summed E-state index contributed by atoms with van der Waals surface area (Å²) < 4.78 is 6.90. The molecule has 1 N–H and O–H groups in total. The number of hydrogen-bond donors (Lipinski definition) is 1. The van der Waals surface area contributed by atoms with Gasteiger partial charge < -0.3 is 4.42 Å². The molecule has 0 spiro atoms. The summed E-state index contributed by atoms with van der Waals surface area (Å²) in [6.45, 7) is 5.64. The lowest BCUT2D eigenvalue weighted by molar-refractivity contribution is 0.0995. The molecular weight excluding hydrogens is 414 g/mol. The SMILES string of the molecule is CC1CCN(Cc2ccc3nc(NC(=O)c4ccc(Br)o4)sc3c2)CC1. The summed E-state index contributed by atoms with van der Waals surface area (Å²) in [7, 11) is 0. The molecule has 0 bridgehead atoms. The second kappa shape index (κ2) is 7.50. The van der Waals surface area contributed by atoms with Crippen LogP contribution in [0.15, 0.2) is 39.4 Å². The molecule has 26 heavy (non-hydrogen) atoms. The maximum absolute atomic E-state index is 12.2. The molecule has 0 atom stereocenters. The molecule has 4 rings (SSSR count). The Kier molecular flexibility index (Phi) is 5.11. The third-order valence-electron chi connectivity index (χ3n) is 4.75. The fraction of sp³-hybridized carbons (Fsp3) is 0.368. The first kappa shape index (κ1) is 17.7. The van der Waals surface area contributed by atoms with Crippen molar-refractivity contribution in [2.45, 2.75) is 26.3 Å². The zero-order valence-electron chi connectivity index (χ0n) is 14.5. The largest absolute Gasteiger partial charge is 0.444 e. The van der Waals surface area contributed by atoms with Crippen molar-refractivity contribution in [2.24, 2.45) is 5.92 Å². The van der Waals surface area contributed by atoms with E-state index in [9.17, 15) is 4.79 Å². The number of carbonyl (C=O) groups is 1. The lowest BCUT2D eigenvalue weighted by Gasteiger charge is -2.30. The van der Waals surface area contributed by atoms with E-state index in [1.54, 1.807) is 12.1 Å².